The van der Waals surface area contributed by atoms with Crippen LogP contribution in [-0.2, 0) is 0 Å². The molecule has 0 saturated heterocycles. The van der Waals surface area contributed by atoms with Crippen molar-refractivity contribution in [1.82, 2.24) is 20.1 Å². The Bertz CT molecular complexity index is 612. The summed E-state index contributed by atoms with van der Waals surface area (Å²) in [5.74, 6) is -0.0440. The molecule has 1 fully saturated rings. The maximum absolute atomic E-state index is 12.3. The topological polar surface area (TPSA) is 85.8 Å². The van der Waals surface area contributed by atoms with Gasteiger partial charge in [0.15, 0.2) is 0 Å². The van der Waals surface area contributed by atoms with Gasteiger partial charge in [-0.1, -0.05) is 6.07 Å². The van der Waals surface area contributed by atoms with E-state index in [0.717, 1.165) is 31.4 Å². The molecule has 1 aromatic heterocycles. The van der Waals surface area contributed by atoms with Gasteiger partial charge in [0.1, 0.15) is 12.7 Å². The van der Waals surface area contributed by atoms with Crippen LogP contribution in [0.15, 0.2) is 36.9 Å². The maximum atomic E-state index is 12.3. The van der Waals surface area contributed by atoms with Gasteiger partial charge < -0.3 is 11.1 Å². The summed E-state index contributed by atoms with van der Waals surface area (Å²) in [6, 6.07) is 7.89. The van der Waals surface area contributed by atoms with Crippen LogP contribution in [0.2, 0.25) is 0 Å². The molecule has 2 aromatic rings. The van der Waals surface area contributed by atoms with Crippen molar-refractivity contribution >= 4 is 30.7 Å². The Hall–Kier alpha value is -1.63. The van der Waals surface area contributed by atoms with Gasteiger partial charge in [-0.05, 0) is 43.9 Å². The third-order valence-electron chi connectivity index (χ3n) is 3.90. The fourth-order valence-electron chi connectivity index (χ4n) is 2.66. The molecule has 0 radical (unpaired) electrons. The maximum Gasteiger partial charge on any atom is 0.251 e. The third-order valence-corrected chi connectivity index (χ3v) is 3.90. The van der Waals surface area contributed by atoms with Crippen molar-refractivity contribution in [3.63, 3.8) is 0 Å². The van der Waals surface area contributed by atoms with E-state index in [1.807, 2.05) is 24.3 Å². The van der Waals surface area contributed by atoms with E-state index in [1.165, 1.54) is 6.33 Å². The van der Waals surface area contributed by atoms with Gasteiger partial charge in [-0.25, -0.2) is 9.67 Å². The van der Waals surface area contributed by atoms with Crippen molar-refractivity contribution < 1.29 is 4.79 Å². The first-order valence-electron chi connectivity index (χ1n) is 7.24. The summed E-state index contributed by atoms with van der Waals surface area (Å²) in [6.07, 6.45) is 6.94. The van der Waals surface area contributed by atoms with Crippen LogP contribution in [0.5, 0.6) is 0 Å². The number of carbonyl (C=O) groups excluding carboxylic acids is 1. The highest BCUT2D eigenvalue weighted by molar-refractivity contribution is 5.94. The molecule has 0 aliphatic heterocycles. The van der Waals surface area contributed by atoms with Crippen LogP contribution in [0, 0.1) is 0 Å². The summed E-state index contributed by atoms with van der Waals surface area (Å²) in [6.45, 7) is 0. The van der Waals surface area contributed by atoms with E-state index in [4.69, 9.17) is 5.73 Å². The molecule has 1 amide bonds. The van der Waals surface area contributed by atoms with E-state index < -0.39 is 0 Å². The normalized spacial score (nSPS) is 20.0. The van der Waals surface area contributed by atoms with Gasteiger partial charge in [0.05, 0.1) is 5.69 Å². The van der Waals surface area contributed by atoms with Crippen LogP contribution in [0.25, 0.3) is 5.69 Å². The van der Waals surface area contributed by atoms with Gasteiger partial charge in [0.25, 0.3) is 5.91 Å². The van der Waals surface area contributed by atoms with E-state index in [-0.39, 0.29) is 42.8 Å². The molecule has 1 aromatic carbocycles. The zero-order valence-electron chi connectivity index (χ0n) is 12.6. The van der Waals surface area contributed by atoms with E-state index in [2.05, 4.69) is 15.4 Å². The van der Waals surface area contributed by atoms with Gasteiger partial charge in [0.2, 0.25) is 0 Å². The highest BCUT2D eigenvalue weighted by Gasteiger charge is 2.20. The molecule has 3 rings (SSSR count). The van der Waals surface area contributed by atoms with Crippen LogP contribution >= 0.6 is 24.8 Å². The summed E-state index contributed by atoms with van der Waals surface area (Å²) in [4.78, 5) is 16.2. The van der Waals surface area contributed by atoms with Crippen LogP contribution in [0.3, 0.4) is 0 Å². The number of nitrogens with zero attached hydrogens (tertiary/aromatic N) is 3. The van der Waals surface area contributed by atoms with Gasteiger partial charge in [-0.15, -0.1) is 24.8 Å². The Morgan fingerprint density at radius 2 is 1.96 bits per heavy atom. The standard InChI is InChI=1S/C15H19N5O.2ClH/c16-12-4-6-13(7-5-12)19-15(21)11-2-1-3-14(8-11)20-10-17-9-18-20;;/h1-3,8-10,12-13H,4-7,16H2,(H,19,21);2*1H. The number of nitrogens with one attached hydrogen (secondary N) is 1. The lowest BCUT2D eigenvalue weighted by atomic mass is 9.91. The summed E-state index contributed by atoms with van der Waals surface area (Å²) in [5, 5.41) is 7.16. The molecule has 3 N–H and O–H groups in total. The molecule has 23 heavy (non-hydrogen) atoms. The number of amides is 1. The average Bonchev–Trinajstić information content (AvgIpc) is 3.04. The van der Waals surface area contributed by atoms with Crippen molar-refractivity contribution in [2.75, 3.05) is 0 Å². The van der Waals surface area contributed by atoms with Crippen LogP contribution < -0.4 is 11.1 Å². The molecule has 126 valence electrons. The lowest BCUT2D eigenvalue weighted by molar-refractivity contribution is 0.0926. The molecular formula is C15H21Cl2N5O. The predicted octanol–water partition coefficient (Wildman–Crippen LogP) is 2.11. The molecule has 6 nitrogen and oxygen atoms in total. The molecule has 1 aliphatic carbocycles. The molecule has 1 saturated carbocycles. The van der Waals surface area contributed by atoms with E-state index in [1.54, 1.807) is 11.0 Å². The van der Waals surface area contributed by atoms with Crippen molar-refractivity contribution in [2.24, 2.45) is 5.73 Å². The van der Waals surface area contributed by atoms with Gasteiger partial charge >= 0.3 is 0 Å². The van der Waals surface area contributed by atoms with Crippen LogP contribution in [-0.4, -0.2) is 32.8 Å². The number of halogens is 2. The van der Waals surface area contributed by atoms with Gasteiger partial charge in [-0.3, -0.25) is 4.79 Å². The summed E-state index contributed by atoms with van der Waals surface area (Å²) < 4.78 is 1.64. The average molecular weight is 358 g/mol. The summed E-state index contributed by atoms with van der Waals surface area (Å²) in [5.41, 5.74) is 7.35. The second-order valence-electron chi connectivity index (χ2n) is 5.48. The fourth-order valence-corrected chi connectivity index (χ4v) is 2.66. The third kappa shape index (κ3) is 4.92. The molecule has 0 spiro atoms. The van der Waals surface area contributed by atoms with Crippen LogP contribution in [0.1, 0.15) is 36.0 Å². The molecule has 0 unspecified atom stereocenters. The Morgan fingerprint density at radius 3 is 2.61 bits per heavy atom. The zero-order valence-corrected chi connectivity index (χ0v) is 14.2. The summed E-state index contributed by atoms with van der Waals surface area (Å²) >= 11 is 0. The predicted molar refractivity (Wildman–Crippen MR) is 93.6 cm³/mol. The molecule has 0 atom stereocenters. The van der Waals surface area contributed by atoms with E-state index >= 15 is 0 Å². The minimum atomic E-state index is -0.0440. The molecule has 1 heterocycles. The fraction of sp³-hybridized carbons (Fsp3) is 0.400. The minimum Gasteiger partial charge on any atom is -0.349 e. The first-order chi connectivity index (χ1) is 10.2. The number of carbonyl (C=O) groups is 1. The second-order valence-corrected chi connectivity index (χ2v) is 5.48. The first kappa shape index (κ1) is 19.4. The Morgan fingerprint density at radius 1 is 1.22 bits per heavy atom. The first-order valence-corrected chi connectivity index (χ1v) is 7.24. The van der Waals surface area contributed by atoms with E-state index in [9.17, 15) is 4.79 Å². The smallest absolute Gasteiger partial charge is 0.251 e. The van der Waals surface area contributed by atoms with Crippen molar-refractivity contribution in [2.45, 2.75) is 37.8 Å². The Balaban J connectivity index is 0.00000132. The number of hydrogen-bond acceptors (Lipinski definition) is 4. The monoisotopic (exact) mass is 357 g/mol. The highest BCUT2D eigenvalue weighted by Crippen LogP contribution is 2.18. The van der Waals surface area contributed by atoms with Gasteiger partial charge in [-0.2, -0.15) is 5.10 Å². The quantitative estimate of drug-likeness (QED) is 0.880. The minimum absolute atomic E-state index is 0. The molecule has 0 bridgehead atoms. The molecular weight excluding hydrogens is 337 g/mol. The Labute approximate surface area is 147 Å². The number of rotatable bonds is 3. The Kier molecular flexibility index (Phi) is 7.48. The van der Waals surface area contributed by atoms with Crippen molar-refractivity contribution in [3.8, 4) is 5.69 Å². The molecule has 8 heteroatoms. The largest absolute Gasteiger partial charge is 0.349 e. The van der Waals surface area contributed by atoms with Gasteiger partial charge in [0, 0.05) is 17.6 Å². The number of hydrogen-bond donors (Lipinski definition) is 2. The van der Waals surface area contributed by atoms with Crippen molar-refractivity contribution in [1.29, 1.82) is 0 Å². The number of aromatic nitrogens is 3. The SMILES string of the molecule is Cl.Cl.NC1CCC(NC(=O)c2cccc(-n3cncn3)c2)CC1. The lowest BCUT2D eigenvalue weighted by Gasteiger charge is -2.26. The second kappa shape index (κ2) is 8.86. The van der Waals surface area contributed by atoms with Crippen molar-refractivity contribution in [3.05, 3.63) is 42.5 Å². The number of benzene rings is 1. The zero-order chi connectivity index (χ0) is 14.7. The van der Waals surface area contributed by atoms with E-state index in [0.29, 0.717) is 5.56 Å². The van der Waals surface area contributed by atoms with Crippen LogP contribution in [0.4, 0.5) is 0 Å². The highest BCUT2D eigenvalue weighted by atomic mass is 35.5. The number of nitrogens with two attached hydrogens (primary N) is 1. The lowest BCUT2D eigenvalue weighted by Crippen LogP contribution is -2.40. The molecule has 1 aliphatic rings. The summed E-state index contributed by atoms with van der Waals surface area (Å²) in [7, 11) is 0.